The summed E-state index contributed by atoms with van der Waals surface area (Å²) in [7, 11) is 3.55. The second kappa shape index (κ2) is 3.66. The fourth-order valence-corrected chi connectivity index (χ4v) is 4.17. The molecule has 102 valence electrons. The molecule has 0 heterocycles. The monoisotopic (exact) mass is 259 g/mol. The summed E-state index contributed by atoms with van der Waals surface area (Å²) in [4.78, 5) is 0. The van der Waals surface area contributed by atoms with Crippen molar-refractivity contribution in [3.8, 4) is 11.5 Å². The summed E-state index contributed by atoms with van der Waals surface area (Å²) in [6.45, 7) is 0. The topological polar surface area (TPSA) is 44.5 Å². The number of rotatable bonds is 3. The predicted octanol–water partition coefficient (Wildman–Crippen LogP) is 3.02. The van der Waals surface area contributed by atoms with E-state index >= 15 is 0 Å². The van der Waals surface area contributed by atoms with Crippen LogP contribution in [0, 0.1) is 0 Å². The summed E-state index contributed by atoms with van der Waals surface area (Å²) < 4.78 is 11.4. The van der Waals surface area contributed by atoms with Crippen molar-refractivity contribution in [1.29, 1.82) is 0 Å². The maximum atomic E-state index is 6.42. The average Bonchev–Trinajstić information content (AvgIpc) is 2.90. The fourth-order valence-electron chi connectivity index (χ4n) is 4.17. The molecule has 0 radical (unpaired) electrons. The second-order valence-electron chi connectivity index (χ2n) is 6.35. The molecule has 2 N–H and O–H groups in total. The molecule has 0 amide bonds. The highest BCUT2D eigenvalue weighted by Crippen LogP contribution is 2.61. The van der Waals surface area contributed by atoms with Gasteiger partial charge in [-0.15, -0.1) is 0 Å². The van der Waals surface area contributed by atoms with Gasteiger partial charge in [0.2, 0.25) is 0 Å². The van der Waals surface area contributed by atoms with Crippen LogP contribution in [0.25, 0.3) is 0 Å². The third kappa shape index (κ3) is 1.42. The normalized spacial score (nSPS) is 29.2. The summed E-state index contributed by atoms with van der Waals surface area (Å²) in [6, 6.07) is 2.14. The van der Waals surface area contributed by atoms with Crippen LogP contribution in [0.15, 0.2) is 6.07 Å². The number of hydrogen-bond acceptors (Lipinski definition) is 3. The van der Waals surface area contributed by atoms with E-state index in [1.807, 2.05) is 0 Å². The van der Waals surface area contributed by atoms with Crippen LogP contribution in [0.3, 0.4) is 0 Å². The molecule has 0 aromatic heterocycles. The van der Waals surface area contributed by atoms with Crippen LogP contribution >= 0.6 is 0 Å². The Kier molecular flexibility index (Phi) is 2.23. The van der Waals surface area contributed by atoms with Gasteiger partial charge in [0, 0.05) is 22.2 Å². The summed E-state index contributed by atoms with van der Waals surface area (Å²) in [5, 5.41) is 0. The molecule has 1 aromatic carbocycles. The maximum Gasteiger partial charge on any atom is 0.127 e. The van der Waals surface area contributed by atoms with Gasteiger partial charge >= 0.3 is 0 Å². The van der Waals surface area contributed by atoms with Crippen molar-refractivity contribution in [3.63, 3.8) is 0 Å². The van der Waals surface area contributed by atoms with E-state index in [0.29, 0.717) is 11.8 Å². The van der Waals surface area contributed by atoms with E-state index in [0.717, 1.165) is 29.9 Å². The van der Waals surface area contributed by atoms with Crippen LogP contribution in [0.5, 0.6) is 11.5 Å². The third-order valence-electron chi connectivity index (χ3n) is 5.32. The first-order chi connectivity index (χ1) is 9.18. The zero-order chi connectivity index (χ0) is 13.2. The summed E-state index contributed by atoms with van der Waals surface area (Å²) >= 11 is 0. The SMILES string of the molecule is COc1cc(C2(N)CC2)c(OC)c2c1C1CCC2C1. The number of fused-ring (bicyclic) bond motifs is 5. The minimum atomic E-state index is -0.171. The fraction of sp³-hybridized carbons (Fsp3) is 0.625. The molecule has 3 nitrogen and oxygen atoms in total. The van der Waals surface area contributed by atoms with Crippen molar-refractivity contribution in [1.82, 2.24) is 0 Å². The smallest absolute Gasteiger partial charge is 0.127 e. The molecule has 3 heteroatoms. The van der Waals surface area contributed by atoms with Crippen LogP contribution in [-0.4, -0.2) is 14.2 Å². The highest BCUT2D eigenvalue weighted by Gasteiger charge is 2.48. The van der Waals surface area contributed by atoms with Gasteiger partial charge in [-0.3, -0.25) is 0 Å². The van der Waals surface area contributed by atoms with Gasteiger partial charge in [-0.25, -0.2) is 0 Å². The molecule has 3 aliphatic carbocycles. The molecule has 2 saturated carbocycles. The van der Waals surface area contributed by atoms with Crippen LogP contribution in [0.1, 0.15) is 60.6 Å². The Balaban J connectivity index is 1.98. The molecule has 19 heavy (non-hydrogen) atoms. The lowest BCUT2D eigenvalue weighted by Crippen LogP contribution is -2.21. The van der Waals surface area contributed by atoms with Crippen molar-refractivity contribution in [3.05, 3.63) is 22.8 Å². The van der Waals surface area contributed by atoms with E-state index in [1.54, 1.807) is 14.2 Å². The van der Waals surface area contributed by atoms with Gasteiger partial charge in [0.1, 0.15) is 11.5 Å². The summed E-state index contributed by atoms with van der Waals surface area (Å²) in [5.41, 5.74) is 10.2. The van der Waals surface area contributed by atoms with E-state index in [9.17, 15) is 0 Å². The molecule has 2 atom stereocenters. The highest BCUT2D eigenvalue weighted by molar-refractivity contribution is 5.62. The summed E-state index contributed by atoms with van der Waals surface area (Å²) in [5.74, 6) is 3.43. The number of benzene rings is 1. The van der Waals surface area contributed by atoms with Crippen molar-refractivity contribution in [2.24, 2.45) is 5.73 Å². The Labute approximate surface area is 114 Å². The van der Waals surface area contributed by atoms with Crippen LogP contribution in [-0.2, 0) is 5.54 Å². The molecular weight excluding hydrogens is 238 g/mol. The summed E-state index contributed by atoms with van der Waals surface area (Å²) in [6.07, 6.45) is 5.96. The lowest BCUT2D eigenvalue weighted by Gasteiger charge is -2.25. The molecule has 0 aliphatic heterocycles. The third-order valence-corrected chi connectivity index (χ3v) is 5.32. The van der Waals surface area contributed by atoms with Crippen LogP contribution in [0.2, 0.25) is 0 Å². The molecule has 2 fully saturated rings. The molecule has 2 unspecified atom stereocenters. The lowest BCUT2D eigenvalue weighted by molar-refractivity contribution is 0.382. The molecule has 0 saturated heterocycles. The average molecular weight is 259 g/mol. The predicted molar refractivity (Wildman–Crippen MR) is 74.0 cm³/mol. The van der Waals surface area contributed by atoms with Gasteiger partial charge in [0.15, 0.2) is 0 Å². The second-order valence-corrected chi connectivity index (χ2v) is 6.35. The van der Waals surface area contributed by atoms with Crippen LogP contribution < -0.4 is 15.2 Å². The minimum absolute atomic E-state index is 0.171. The first-order valence-corrected chi connectivity index (χ1v) is 7.26. The number of hydrogen-bond donors (Lipinski definition) is 1. The molecule has 0 spiro atoms. The largest absolute Gasteiger partial charge is 0.496 e. The minimum Gasteiger partial charge on any atom is -0.496 e. The van der Waals surface area contributed by atoms with Crippen molar-refractivity contribution >= 4 is 0 Å². The quantitative estimate of drug-likeness (QED) is 0.907. The zero-order valence-electron chi connectivity index (χ0n) is 11.7. The standard InChI is InChI=1S/C16H21NO2/c1-18-12-8-11(16(17)5-6-16)15(19-2)14-10-4-3-9(7-10)13(12)14/h8-10H,3-7,17H2,1-2H3. The molecule has 1 aromatic rings. The Bertz CT molecular complexity index is 548. The lowest BCUT2D eigenvalue weighted by atomic mass is 9.86. The highest BCUT2D eigenvalue weighted by atomic mass is 16.5. The van der Waals surface area contributed by atoms with E-state index in [-0.39, 0.29) is 5.54 Å². The van der Waals surface area contributed by atoms with E-state index < -0.39 is 0 Å². The maximum absolute atomic E-state index is 6.42. The zero-order valence-corrected chi connectivity index (χ0v) is 11.7. The van der Waals surface area contributed by atoms with Crippen molar-refractivity contribution in [2.75, 3.05) is 14.2 Å². The molecular formula is C16H21NO2. The Morgan fingerprint density at radius 2 is 1.79 bits per heavy atom. The molecule has 4 rings (SSSR count). The van der Waals surface area contributed by atoms with Crippen molar-refractivity contribution in [2.45, 2.75) is 49.5 Å². The molecule has 3 aliphatic rings. The van der Waals surface area contributed by atoms with Crippen LogP contribution in [0.4, 0.5) is 0 Å². The molecule has 2 bridgehead atoms. The van der Waals surface area contributed by atoms with Gasteiger partial charge in [0.25, 0.3) is 0 Å². The first kappa shape index (κ1) is 11.6. The Morgan fingerprint density at radius 1 is 1.11 bits per heavy atom. The van der Waals surface area contributed by atoms with Gasteiger partial charge in [-0.05, 0) is 50.0 Å². The van der Waals surface area contributed by atoms with Gasteiger partial charge in [0.05, 0.1) is 14.2 Å². The van der Waals surface area contributed by atoms with Gasteiger partial charge in [-0.1, -0.05) is 0 Å². The Morgan fingerprint density at radius 3 is 2.37 bits per heavy atom. The van der Waals surface area contributed by atoms with Gasteiger partial charge < -0.3 is 15.2 Å². The Hall–Kier alpha value is -1.22. The van der Waals surface area contributed by atoms with Gasteiger partial charge in [-0.2, -0.15) is 0 Å². The van der Waals surface area contributed by atoms with E-state index in [1.165, 1.54) is 30.4 Å². The van der Waals surface area contributed by atoms with Crippen molar-refractivity contribution < 1.29 is 9.47 Å². The number of ether oxygens (including phenoxy) is 2. The number of methoxy groups -OCH3 is 2. The van der Waals surface area contributed by atoms with E-state index in [2.05, 4.69) is 6.07 Å². The van der Waals surface area contributed by atoms with E-state index in [4.69, 9.17) is 15.2 Å². The first-order valence-electron chi connectivity index (χ1n) is 7.26. The number of nitrogens with two attached hydrogens (primary N) is 1.